The zero-order chi connectivity index (χ0) is 14.8. The molecule has 0 rings (SSSR count). The zero-order valence-corrected chi connectivity index (χ0v) is 12.3. The smallest absolute Gasteiger partial charge is 0.320 e. The number of hydrogen-bond acceptors (Lipinski definition) is 4. The van der Waals surface area contributed by atoms with Gasteiger partial charge in [-0.05, 0) is 40.5 Å². The maximum Gasteiger partial charge on any atom is 0.320 e. The molecule has 0 unspecified atom stereocenters. The highest BCUT2D eigenvalue weighted by atomic mass is 16.6. The van der Waals surface area contributed by atoms with Crippen LogP contribution in [0.5, 0.6) is 0 Å². The predicted octanol–water partition coefficient (Wildman–Crippen LogP) is 3.03. The minimum Gasteiger partial charge on any atom is -0.465 e. The van der Waals surface area contributed by atoms with Crippen molar-refractivity contribution in [1.29, 1.82) is 0 Å². The van der Waals surface area contributed by atoms with Crippen molar-refractivity contribution in [1.82, 2.24) is 0 Å². The van der Waals surface area contributed by atoms with Crippen LogP contribution >= 0.6 is 0 Å². The van der Waals surface area contributed by atoms with E-state index in [1.54, 1.807) is 13.8 Å². The SMILES string of the molecule is C=C(CC=C(C)C)CC(C(=O)OCC)C(=O)OCC. The fourth-order valence-corrected chi connectivity index (χ4v) is 1.47. The number of esters is 2. The highest BCUT2D eigenvalue weighted by molar-refractivity contribution is 5.95. The van der Waals surface area contributed by atoms with Gasteiger partial charge in [0.2, 0.25) is 0 Å². The molecule has 0 radical (unpaired) electrons. The highest BCUT2D eigenvalue weighted by Gasteiger charge is 2.29. The summed E-state index contributed by atoms with van der Waals surface area (Å²) >= 11 is 0. The first-order valence-electron chi connectivity index (χ1n) is 6.55. The topological polar surface area (TPSA) is 52.6 Å². The molecule has 0 aromatic carbocycles. The van der Waals surface area contributed by atoms with E-state index in [0.29, 0.717) is 6.42 Å². The molecule has 4 heteroatoms. The first-order chi connectivity index (χ1) is 8.92. The van der Waals surface area contributed by atoms with Crippen LogP contribution in [0.25, 0.3) is 0 Å². The molecule has 108 valence electrons. The maximum atomic E-state index is 11.8. The average molecular weight is 268 g/mol. The van der Waals surface area contributed by atoms with E-state index >= 15 is 0 Å². The summed E-state index contributed by atoms with van der Waals surface area (Å²) in [6, 6.07) is 0. The third-order valence-electron chi connectivity index (χ3n) is 2.43. The van der Waals surface area contributed by atoms with Gasteiger partial charge < -0.3 is 9.47 Å². The Hall–Kier alpha value is -1.58. The van der Waals surface area contributed by atoms with E-state index in [4.69, 9.17) is 9.47 Å². The van der Waals surface area contributed by atoms with E-state index in [9.17, 15) is 9.59 Å². The molecule has 0 amide bonds. The molecule has 0 aromatic rings. The minimum atomic E-state index is -0.905. The van der Waals surface area contributed by atoms with Crippen LogP contribution < -0.4 is 0 Å². The van der Waals surface area contributed by atoms with Crippen LogP contribution in [0.1, 0.15) is 40.5 Å². The van der Waals surface area contributed by atoms with Crippen LogP contribution in [0.15, 0.2) is 23.8 Å². The monoisotopic (exact) mass is 268 g/mol. The van der Waals surface area contributed by atoms with E-state index in [2.05, 4.69) is 6.58 Å². The Morgan fingerprint density at radius 1 is 1.11 bits per heavy atom. The van der Waals surface area contributed by atoms with Crippen molar-refractivity contribution in [3.05, 3.63) is 23.8 Å². The summed E-state index contributed by atoms with van der Waals surface area (Å²) in [5, 5.41) is 0. The molecular formula is C15H24O4. The molecule has 0 bridgehead atoms. The second kappa shape index (κ2) is 9.36. The molecule has 4 nitrogen and oxygen atoms in total. The summed E-state index contributed by atoms with van der Waals surface area (Å²) in [6.07, 6.45) is 2.93. The summed E-state index contributed by atoms with van der Waals surface area (Å²) in [6.45, 7) is 11.8. The molecule has 0 aliphatic heterocycles. The van der Waals surface area contributed by atoms with Gasteiger partial charge >= 0.3 is 11.9 Å². The van der Waals surface area contributed by atoms with Gasteiger partial charge in [-0.1, -0.05) is 23.8 Å². The zero-order valence-electron chi connectivity index (χ0n) is 12.3. The Labute approximate surface area is 115 Å². The van der Waals surface area contributed by atoms with Crippen LogP contribution in [0, 0.1) is 5.92 Å². The van der Waals surface area contributed by atoms with Crippen molar-refractivity contribution < 1.29 is 19.1 Å². The standard InChI is InChI=1S/C15H24O4/c1-6-18-14(16)13(15(17)19-7-2)10-12(5)9-8-11(3)4/h8,13H,5-7,9-10H2,1-4H3. The summed E-state index contributed by atoms with van der Waals surface area (Å²) in [5.41, 5.74) is 1.98. The maximum absolute atomic E-state index is 11.8. The number of rotatable bonds is 8. The molecule has 0 N–H and O–H groups in total. The largest absolute Gasteiger partial charge is 0.465 e. The summed E-state index contributed by atoms with van der Waals surface area (Å²) in [4.78, 5) is 23.5. The lowest BCUT2D eigenvalue weighted by molar-refractivity contribution is -0.161. The van der Waals surface area contributed by atoms with Crippen LogP contribution in [0.2, 0.25) is 0 Å². The van der Waals surface area contributed by atoms with Crippen molar-refractivity contribution in [2.75, 3.05) is 13.2 Å². The van der Waals surface area contributed by atoms with Gasteiger partial charge in [0.05, 0.1) is 13.2 Å². The summed E-state index contributed by atoms with van der Waals surface area (Å²) in [7, 11) is 0. The molecule has 0 atom stereocenters. The molecule has 19 heavy (non-hydrogen) atoms. The van der Waals surface area contributed by atoms with Gasteiger partial charge in [-0.3, -0.25) is 9.59 Å². The third-order valence-corrected chi connectivity index (χ3v) is 2.43. The Bertz CT molecular complexity index is 333. The fourth-order valence-electron chi connectivity index (χ4n) is 1.47. The summed E-state index contributed by atoms with van der Waals surface area (Å²) in [5.74, 6) is -1.99. The van der Waals surface area contributed by atoms with Crippen molar-refractivity contribution >= 4 is 11.9 Å². The molecular weight excluding hydrogens is 244 g/mol. The lowest BCUT2D eigenvalue weighted by Crippen LogP contribution is -2.28. The van der Waals surface area contributed by atoms with Crippen LogP contribution in [-0.2, 0) is 19.1 Å². The predicted molar refractivity (Wildman–Crippen MR) is 74.6 cm³/mol. The molecule has 0 aliphatic rings. The number of carbonyl (C=O) groups is 2. The van der Waals surface area contributed by atoms with Gasteiger partial charge in [-0.15, -0.1) is 0 Å². The lowest BCUT2D eigenvalue weighted by Gasteiger charge is -2.15. The first kappa shape index (κ1) is 17.4. The first-order valence-corrected chi connectivity index (χ1v) is 6.55. The Morgan fingerprint density at radius 2 is 1.58 bits per heavy atom. The quantitative estimate of drug-likeness (QED) is 0.386. The molecule has 0 fully saturated rings. The van der Waals surface area contributed by atoms with E-state index in [-0.39, 0.29) is 19.6 Å². The van der Waals surface area contributed by atoms with Crippen molar-refractivity contribution in [2.45, 2.75) is 40.5 Å². The highest BCUT2D eigenvalue weighted by Crippen LogP contribution is 2.18. The van der Waals surface area contributed by atoms with E-state index in [1.165, 1.54) is 5.57 Å². The third kappa shape index (κ3) is 7.44. The number of allylic oxidation sites excluding steroid dienone is 3. The van der Waals surface area contributed by atoms with Crippen LogP contribution in [0.4, 0.5) is 0 Å². The van der Waals surface area contributed by atoms with Crippen LogP contribution in [0.3, 0.4) is 0 Å². The van der Waals surface area contributed by atoms with E-state index in [0.717, 1.165) is 5.57 Å². The Balaban J connectivity index is 4.66. The molecule has 0 saturated carbocycles. The van der Waals surface area contributed by atoms with Gasteiger partial charge in [0.25, 0.3) is 0 Å². The average Bonchev–Trinajstić information content (AvgIpc) is 2.33. The van der Waals surface area contributed by atoms with Gasteiger partial charge in [0.15, 0.2) is 5.92 Å². The molecule has 0 heterocycles. The van der Waals surface area contributed by atoms with Gasteiger partial charge in [-0.2, -0.15) is 0 Å². The minimum absolute atomic E-state index is 0.245. The van der Waals surface area contributed by atoms with Gasteiger partial charge in [0.1, 0.15) is 0 Å². The normalized spacial score (nSPS) is 9.95. The molecule has 0 aliphatic carbocycles. The van der Waals surface area contributed by atoms with Crippen molar-refractivity contribution in [3.63, 3.8) is 0 Å². The van der Waals surface area contributed by atoms with Crippen molar-refractivity contribution in [3.8, 4) is 0 Å². The van der Waals surface area contributed by atoms with E-state index < -0.39 is 17.9 Å². The molecule has 0 spiro atoms. The number of hydrogen-bond donors (Lipinski definition) is 0. The number of ether oxygens (including phenoxy) is 2. The molecule has 0 aromatic heterocycles. The number of carbonyl (C=O) groups excluding carboxylic acids is 2. The van der Waals surface area contributed by atoms with E-state index in [1.807, 2.05) is 19.9 Å². The molecule has 0 saturated heterocycles. The second-order valence-electron chi connectivity index (χ2n) is 4.50. The van der Waals surface area contributed by atoms with Gasteiger partial charge in [-0.25, -0.2) is 0 Å². The summed E-state index contributed by atoms with van der Waals surface area (Å²) < 4.78 is 9.80. The Kier molecular flexibility index (Phi) is 8.58. The lowest BCUT2D eigenvalue weighted by atomic mass is 9.98. The fraction of sp³-hybridized carbons (Fsp3) is 0.600. The van der Waals surface area contributed by atoms with Gasteiger partial charge in [0, 0.05) is 0 Å². The van der Waals surface area contributed by atoms with Crippen molar-refractivity contribution in [2.24, 2.45) is 5.92 Å². The van der Waals surface area contributed by atoms with Crippen LogP contribution in [-0.4, -0.2) is 25.2 Å². The Morgan fingerprint density at radius 3 is 1.95 bits per heavy atom. The second-order valence-corrected chi connectivity index (χ2v) is 4.50.